The maximum atomic E-state index is 12.7. The van der Waals surface area contributed by atoms with Gasteiger partial charge in [0.05, 0.1) is 17.3 Å². The summed E-state index contributed by atoms with van der Waals surface area (Å²) >= 11 is 0. The van der Waals surface area contributed by atoms with Gasteiger partial charge in [-0.3, -0.25) is 5.10 Å². The molecule has 25 heavy (non-hydrogen) atoms. The van der Waals surface area contributed by atoms with Crippen molar-refractivity contribution < 1.29 is 13.2 Å². The SMILES string of the molecule is FC(F)(F)c1ccc(-c2cccn2Cc2ccc3cn[nH]c3c2)cc1. The molecule has 0 amide bonds. The van der Waals surface area contributed by atoms with Gasteiger partial charge in [0.2, 0.25) is 0 Å². The standard InChI is InChI=1S/C19H14F3N3/c20-19(21,22)16-7-5-14(6-8-16)18-2-1-9-25(18)12-13-3-4-15-11-23-24-17(15)10-13/h1-11H,12H2,(H,23,24). The zero-order valence-corrected chi connectivity index (χ0v) is 13.1. The molecule has 0 spiro atoms. The second-order valence-electron chi connectivity index (χ2n) is 5.89. The first kappa shape index (κ1) is 15.5. The monoisotopic (exact) mass is 341 g/mol. The number of fused-ring (bicyclic) bond motifs is 1. The highest BCUT2D eigenvalue weighted by molar-refractivity contribution is 5.78. The van der Waals surface area contributed by atoms with Gasteiger partial charge in [-0.05, 0) is 41.5 Å². The van der Waals surface area contributed by atoms with Crippen molar-refractivity contribution in [2.24, 2.45) is 0 Å². The third-order valence-electron chi connectivity index (χ3n) is 4.20. The third-order valence-corrected chi connectivity index (χ3v) is 4.20. The molecule has 2 aromatic heterocycles. The second kappa shape index (κ2) is 5.81. The van der Waals surface area contributed by atoms with E-state index in [2.05, 4.69) is 10.2 Å². The topological polar surface area (TPSA) is 33.6 Å². The van der Waals surface area contributed by atoms with Gasteiger partial charge in [0.1, 0.15) is 0 Å². The molecule has 2 aromatic carbocycles. The molecule has 0 atom stereocenters. The Balaban J connectivity index is 1.64. The van der Waals surface area contributed by atoms with Crippen LogP contribution in [0.3, 0.4) is 0 Å². The molecule has 0 saturated heterocycles. The largest absolute Gasteiger partial charge is 0.416 e. The summed E-state index contributed by atoms with van der Waals surface area (Å²) in [6, 6.07) is 15.1. The molecule has 3 nitrogen and oxygen atoms in total. The van der Waals surface area contributed by atoms with Crippen molar-refractivity contribution in [3.05, 3.63) is 78.1 Å². The number of hydrogen-bond acceptors (Lipinski definition) is 1. The van der Waals surface area contributed by atoms with Crippen molar-refractivity contribution in [1.29, 1.82) is 0 Å². The second-order valence-corrected chi connectivity index (χ2v) is 5.89. The van der Waals surface area contributed by atoms with Crippen LogP contribution in [0, 0.1) is 0 Å². The smallest absolute Gasteiger partial charge is 0.343 e. The van der Waals surface area contributed by atoms with Crippen LogP contribution in [0.5, 0.6) is 0 Å². The average molecular weight is 341 g/mol. The van der Waals surface area contributed by atoms with E-state index < -0.39 is 11.7 Å². The fraction of sp³-hybridized carbons (Fsp3) is 0.105. The van der Waals surface area contributed by atoms with Crippen LogP contribution in [0.25, 0.3) is 22.2 Å². The Morgan fingerprint density at radius 1 is 1.00 bits per heavy atom. The summed E-state index contributed by atoms with van der Waals surface area (Å²) in [6.45, 7) is 0.623. The fourth-order valence-corrected chi connectivity index (χ4v) is 2.92. The van der Waals surface area contributed by atoms with E-state index in [-0.39, 0.29) is 0 Å². The van der Waals surface area contributed by atoms with Crippen LogP contribution in [0.2, 0.25) is 0 Å². The molecule has 4 rings (SSSR count). The number of nitrogens with one attached hydrogen (secondary N) is 1. The normalized spacial score (nSPS) is 12.0. The van der Waals surface area contributed by atoms with Crippen molar-refractivity contribution in [3.63, 3.8) is 0 Å². The van der Waals surface area contributed by atoms with Crippen molar-refractivity contribution in [1.82, 2.24) is 14.8 Å². The molecule has 4 aromatic rings. The molecule has 6 heteroatoms. The van der Waals surface area contributed by atoms with Crippen LogP contribution in [0.4, 0.5) is 13.2 Å². The van der Waals surface area contributed by atoms with Gasteiger partial charge in [-0.15, -0.1) is 0 Å². The lowest BCUT2D eigenvalue weighted by atomic mass is 10.1. The molecule has 1 N–H and O–H groups in total. The molecular formula is C19H14F3N3. The van der Waals surface area contributed by atoms with Crippen molar-refractivity contribution in [3.8, 4) is 11.3 Å². The number of H-pyrrole nitrogens is 1. The molecule has 0 unspecified atom stereocenters. The maximum absolute atomic E-state index is 12.7. The van der Waals surface area contributed by atoms with Crippen molar-refractivity contribution in [2.45, 2.75) is 12.7 Å². The fourth-order valence-electron chi connectivity index (χ4n) is 2.92. The van der Waals surface area contributed by atoms with Gasteiger partial charge in [-0.2, -0.15) is 18.3 Å². The predicted molar refractivity (Wildman–Crippen MR) is 90.1 cm³/mol. The molecule has 0 aliphatic heterocycles. The minimum Gasteiger partial charge on any atom is -0.343 e. The Labute approximate surface area is 141 Å². The number of rotatable bonds is 3. The van der Waals surface area contributed by atoms with Gasteiger partial charge in [0.25, 0.3) is 0 Å². The van der Waals surface area contributed by atoms with Crippen LogP contribution < -0.4 is 0 Å². The highest BCUT2D eigenvalue weighted by atomic mass is 19.4. The van der Waals surface area contributed by atoms with Gasteiger partial charge in [-0.25, -0.2) is 0 Å². The Kier molecular flexibility index (Phi) is 3.60. The quantitative estimate of drug-likeness (QED) is 0.553. The zero-order valence-electron chi connectivity index (χ0n) is 13.1. The van der Waals surface area contributed by atoms with Crippen molar-refractivity contribution in [2.75, 3.05) is 0 Å². The highest BCUT2D eigenvalue weighted by Gasteiger charge is 2.30. The summed E-state index contributed by atoms with van der Waals surface area (Å²) < 4.78 is 40.2. The molecule has 0 aliphatic carbocycles. The number of benzene rings is 2. The first-order valence-electron chi connectivity index (χ1n) is 7.75. The number of halogens is 3. The third kappa shape index (κ3) is 3.03. The van der Waals surface area contributed by atoms with E-state index in [0.29, 0.717) is 6.54 Å². The van der Waals surface area contributed by atoms with E-state index in [4.69, 9.17) is 0 Å². The zero-order chi connectivity index (χ0) is 17.4. The van der Waals surface area contributed by atoms with E-state index in [0.717, 1.165) is 39.9 Å². The number of nitrogens with zero attached hydrogens (tertiary/aromatic N) is 2. The maximum Gasteiger partial charge on any atom is 0.416 e. The molecule has 126 valence electrons. The molecule has 2 heterocycles. The number of alkyl halides is 3. The molecule has 0 radical (unpaired) electrons. The minimum absolute atomic E-state index is 0.623. The van der Waals surface area contributed by atoms with E-state index in [1.165, 1.54) is 12.1 Å². The van der Waals surface area contributed by atoms with Gasteiger partial charge in [-0.1, -0.05) is 24.3 Å². The lowest BCUT2D eigenvalue weighted by Gasteiger charge is -2.11. The van der Waals surface area contributed by atoms with Gasteiger partial charge in [0.15, 0.2) is 0 Å². The summed E-state index contributed by atoms with van der Waals surface area (Å²) in [5, 5.41) is 7.99. The van der Waals surface area contributed by atoms with Crippen LogP contribution in [-0.2, 0) is 12.7 Å². The lowest BCUT2D eigenvalue weighted by molar-refractivity contribution is -0.137. The van der Waals surface area contributed by atoms with Gasteiger partial charge < -0.3 is 4.57 Å². The molecule has 0 bridgehead atoms. The van der Waals surface area contributed by atoms with Crippen LogP contribution in [0.15, 0.2) is 67.0 Å². The Morgan fingerprint density at radius 2 is 1.80 bits per heavy atom. The van der Waals surface area contributed by atoms with E-state index in [1.807, 2.05) is 41.1 Å². The van der Waals surface area contributed by atoms with E-state index in [1.54, 1.807) is 6.20 Å². The summed E-state index contributed by atoms with van der Waals surface area (Å²) in [5.41, 5.74) is 3.03. The van der Waals surface area contributed by atoms with Gasteiger partial charge >= 0.3 is 6.18 Å². The Morgan fingerprint density at radius 3 is 2.56 bits per heavy atom. The number of hydrogen-bond donors (Lipinski definition) is 1. The van der Waals surface area contributed by atoms with Crippen LogP contribution in [0.1, 0.15) is 11.1 Å². The first-order chi connectivity index (χ1) is 12.0. The number of aromatic amines is 1. The van der Waals surface area contributed by atoms with Gasteiger partial charge in [0, 0.05) is 23.8 Å². The average Bonchev–Trinajstić information content (AvgIpc) is 3.23. The molecule has 0 saturated carbocycles. The Bertz CT molecular complexity index is 1010. The van der Waals surface area contributed by atoms with E-state index >= 15 is 0 Å². The van der Waals surface area contributed by atoms with Crippen LogP contribution >= 0.6 is 0 Å². The summed E-state index contributed by atoms with van der Waals surface area (Å²) in [5.74, 6) is 0. The first-order valence-corrected chi connectivity index (χ1v) is 7.75. The predicted octanol–water partition coefficient (Wildman–Crippen LogP) is 5.10. The summed E-state index contributed by atoms with van der Waals surface area (Å²) in [7, 11) is 0. The minimum atomic E-state index is -4.32. The van der Waals surface area contributed by atoms with E-state index in [9.17, 15) is 13.2 Å². The molecule has 0 fully saturated rings. The molecule has 0 aliphatic rings. The van der Waals surface area contributed by atoms with Crippen LogP contribution in [-0.4, -0.2) is 14.8 Å². The highest BCUT2D eigenvalue weighted by Crippen LogP contribution is 2.31. The molecular weight excluding hydrogens is 327 g/mol. The summed E-state index contributed by atoms with van der Waals surface area (Å²) in [6.07, 6.45) is -0.632. The number of aromatic nitrogens is 3. The Hall–Kier alpha value is -3.02. The summed E-state index contributed by atoms with van der Waals surface area (Å²) in [4.78, 5) is 0. The lowest BCUT2D eigenvalue weighted by Crippen LogP contribution is -2.04. The van der Waals surface area contributed by atoms with Crippen molar-refractivity contribution >= 4 is 10.9 Å².